The van der Waals surface area contributed by atoms with Gasteiger partial charge < -0.3 is 15.4 Å². The lowest BCUT2D eigenvalue weighted by molar-refractivity contribution is 0.209. The van der Waals surface area contributed by atoms with Crippen LogP contribution in [0.4, 0.5) is 14.5 Å². The summed E-state index contributed by atoms with van der Waals surface area (Å²) in [7, 11) is 0. The molecule has 0 unspecified atom stereocenters. The highest BCUT2D eigenvalue weighted by Crippen LogP contribution is 2.35. The lowest BCUT2D eigenvalue weighted by atomic mass is 10.1. The van der Waals surface area contributed by atoms with Crippen molar-refractivity contribution in [1.29, 1.82) is 5.26 Å². The Morgan fingerprint density at radius 2 is 1.82 bits per heavy atom. The number of imidazole rings is 1. The molecule has 1 atom stereocenters. The zero-order valence-electron chi connectivity index (χ0n) is 20.9. The molecule has 194 valence electrons. The number of anilines is 1. The van der Waals surface area contributed by atoms with E-state index in [0.29, 0.717) is 34.8 Å². The zero-order valence-corrected chi connectivity index (χ0v) is 20.9. The van der Waals surface area contributed by atoms with E-state index < -0.39 is 11.6 Å². The second-order valence-corrected chi connectivity index (χ2v) is 10.1. The first-order chi connectivity index (χ1) is 18.5. The number of hydrogen-bond acceptors (Lipinski definition) is 6. The van der Waals surface area contributed by atoms with Crippen LogP contribution in [0.2, 0.25) is 0 Å². The quantitative estimate of drug-likeness (QED) is 0.379. The van der Waals surface area contributed by atoms with Gasteiger partial charge >= 0.3 is 0 Å². The minimum Gasteiger partial charge on any atom is -0.490 e. The van der Waals surface area contributed by atoms with Gasteiger partial charge in [0.05, 0.1) is 23.0 Å². The maximum Gasteiger partial charge on any atom is 0.167 e. The summed E-state index contributed by atoms with van der Waals surface area (Å²) in [6, 6.07) is 12.8. The minimum absolute atomic E-state index is 0.0472. The van der Waals surface area contributed by atoms with E-state index in [2.05, 4.69) is 9.88 Å². The third-order valence-corrected chi connectivity index (χ3v) is 7.44. The highest BCUT2D eigenvalue weighted by atomic mass is 19.1. The van der Waals surface area contributed by atoms with Gasteiger partial charge in [0.15, 0.2) is 11.5 Å². The van der Waals surface area contributed by atoms with Crippen LogP contribution in [0.5, 0.6) is 5.75 Å². The molecule has 3 heterocycles. The van der Waals surface area contributed by atoms with E-state index in [1.54, 1.807) is 29.0 Å². The predicted octanol–water partition coefficient (Wildman–Crippen LogP) is 5.49. The van der Waals surface area contributed by atoms with Crippen molar-refractivity contribution in [2.75, 3.05) is 18.0 Å². The fraction of sp³-hybridized carbons (Fsp3) is 0.345. The zero-order chi connectivity index (χ0) is 26.2. The molecule has 1 aliphatic heterocycles. The van der Waals surface area contributed by atoms with Gasteiger partial charge in [0.2, 0.25) is 0 Å². The van der Waals surface area contributed by atoms with Crippen molar-refractivity contribution in [1.82, 2.24) is 14.5 Å². The molecule has 2 aromatic carbocycles. The average molecular weight is 515 g/mol. The fourth-order valence-electron chi connectivity index (χ4n) is 5.55. The Balaban J connectivity index is 1.51. The van der Waals surface area contributed by atoms with Gasteiger partial charge in [-0.1, -0.05) is 0 Å². The Morgan fingerprint density at radius 3 is 2.55 bits per heavy atom. The van der Waals surface area contributed by atoms with E-state index >= 15 is 4.39 Å². The summed E-state index contributed by atoms with van der Waals surface area (Å²) in [4.78, 5) is 11.6. The molecule has 7 nitrogen and oxygen atoms in total. The molecular formula is C29H28F2N6O. The first-order valence-electron chi connectivity index (χ1n) is 13.1. The first kappa shape index (κ1) is 24.3. The molecule has 2 aromatic heterocycles. The Kier molecular flexibility index (Phi) is 6.42. The molecule has 0 radical (unpaired) electrons. The van der Waals surface area contributed by atoms with Crippen molar-refractivity contribution in [2.24, 2.45) is 5.73 Å². The van der Waals surface area contributed by atoms with Crippen molar-refractivity contribution in [3.05, 3.63) is 65.9 Å². The van der Waals surface area contributed by atoms with Crippen LogP contribution in [0.3, 0.4) is 0 Å². The molecular weight excluding hydrogens is 486 g/mol. The molecule has 2 fully saturated rings. The van der Waals surface area contributed by atoms with Crippen LogP contribution in [0.25, 0.3) is 28.2 Å². The van der Waals surface area contributed by atoms with E-state index in [-0.39, 0.29) is 23.4 Å². The summed E-state index contributed by atoms with van der Waals surface area (Å²) in [5.74, 6) is -0.362. The standard InChI is InChI=1S/C29H28F2N6O/c30-23-14-18(7-8-19(23)16-32)28-35-27-26(36-13-3-4-20(33)17-36)11-12-34-29(27)37(28)25-10-9-22(15-24(25)31)38-21-5-1-2-6-21/h7-12,14-15,20-21H,1-6,13,17,33H2/t20-/m1/s1. The van der Waals surface area contributed by atoms with Gasteiger partial charge in [-0.05, 0) is 74.9 Å². The average Bonchev–Trinajstić information content (AvgIpc) is 3.57. The van der Waals surface area contributed by atoms with Crippen LogP contribution in [-0.4, -0.2) is 39.8 Å². The number of nitrogens with two attached hydrogens (primary N) is 1. The summed E-state index contributed by atoms with van der Waals surface area (Å²) in [5, 5.41) is 9.20. The second-order valence-electron chi connectivity index (χ2n) is 10.1. The van der Waals surface area contributed by atoms with Crippen LogP contribution in [0.1, 0.15) is 44.1 Å². The van der Waals surface area contributed by atoms with Gasteiger partial charge in [0.1, 0.15) is 29.0 Å². The smallest absolute Gasteiger partial charge is 0.167 e. The second kappa shape index (κ2) is 10.0. The highest BCUT2D eigenvalue weighted by molar-refractivity contribution is 5.90. The van der Waals surface area contributed by atoms with E-state index in [4.69, 9.17) is 15.5 Å². The number of fused-ring (bicyclic) bond motifs is 1. The fourth-order valence-corrected chi connectivity index (χ4v) is 5.55. The monoisotopic (exact) mass is 514 g/mol. The van der Waals surface area contributed by atoms with E-state index in [9.17, 15) is 9.65 Å². The van der Waals surface area contributed by atoms with Gasteiger partial charge in [-0.15, -0.1) is 0 Å². The molecule has 4 aromatic rings. The van der Waals surface area contributed by atoms with Gasteiger partial charge in [0.25, 0.3) is 0 Å². The maximum atomic E-state index is 15.7. The molecule has 0 spiro atoms. The number of halogens is 2. The maximum absolute atomic E-state index is 15.7. The molecule has 6 rings (SSSR count). The summed E-state index contributed by atoms with van der Waals surface area (Å²) in [6.45, 7) is 1.50. The number of pyridine rings is 1. The normalized spacial score (nSPS) is 18.2. The Labute approximate surface area is 219 Å². The summed E-state index contributed by atoms with van der Waals surface area (Å²) in [5.41, 5.74) is 8.69. The number of hydrogen-bond donors (Lipinski definition) is 1. The van der Waals surface area contributed by atoms with Crippen LogP contribution >= 0.6 is 0 Å². The lowest BCUT2D eigenvalue weighted by Gasteiger charge is -2.32. The molecule has 38 heavy (non-hydrogen) atoms. The van der Waals surface area contributed by atoms with Crippen molar-refractivity contribution in [3.8, 4) is 28.9 Å². The van der Waals surface area contributed by atoms with Crippen LogP contribution in [0, 0.1) is 23.0 Å². The van der Waals surface area contributed by atoms with Gasteiger partial charge in [-0.3, -0.25) is 4.57 Å². The molecule has 1 saturated heterocycles. The molecule has 2 aliphatic rings. The topological polar surface area (TPSA) is 93.0 Å². The number of benzene rings is 2. The largest absolute Gasteiger partial charge is 0.490 e. The Morgan fingerprint density at radius 1 is 0.974 bits per heavy atom. The first-order valence-corrected chi connectivity index (χ1v) is 13.1. The molecule has 1 aliphatic carbocycles. The van der Waals surface area contributed by atoms with E-state index in [0.717, 1.165) is 50.8 Å². The van der Waals surface area contributed by atoms with Crippen molar-refractivity contribution < 1.29 is 13.5 Å². The third kappa shape index (κ3) is 4.45. The molecule has 0 amide bonds. The summed E-state index contributed by atoms with van der Waals surface area (Å²) >= 11 is 0. The van der Waals surface area contributed by atoms with Crippen LogP contribution in [0.15, 0.2) is 48.7 Å². The Hall–Kier alpha value is -4.03. The third-order valence-electron chi connectivity index (χ3n) is 7.44. The van der Waals surface area contributed by atoms with Gasteiger partial charge in [-0.2, -0.15) is 5.26 Å². The number of aromatic nitrogens is 3. The van der Waals surface area contributed by atoms with Crippen molar-refractivity contribution >= 4 is 16.9 Å². The number of nitriles is 1. The molecule has 0 bridgehead atoms. The SMILES string of the molecule is N#Cc1ccc(-c2nc3c(N4CCC[C@@H](N)C4)ccnc3n2-c2ccc(OC3CCCC3)cc2F)cc1F. The number of piperidine rings is 1. The van der Waals surface area contributed by atoms with E-state index in [1.807, 2.05) is 12.1 Å². The van der Waals surface area contributed by atoms with Crippen molar-refractivity contribution in [2.45, 2.75) is 50.7 Å². The highest BCUT2D eigenvalue weighted by Gasteiger charge is 2.25. The minimum atomic E-state index is -0.667. The molecule has 9 heteroatoms. The number of rotatable bonds is 5. The number of ether oxygens (including phenoxy) is 1. The molecule has 1 saturated carbocycles. The van der Waals surface area contributed by atoms with Crippen LogP contribution < -0.4 is 15.4 Å². The van der Waals surface area contributed by atoms with Gasteiger partial charge in [-0.25, -0.2) is 18.7 Å². The van der Waals surface area contributed by atoms with Crippen LogP contribution in [-0.2, 0) is 0 Å². The summed E-state index contributed by atoms with van der Waals surface area (Å²) in [6.07, 6.45) is 7.86. The predicted molar refractivity (Wildman–Crippen MR) is 141 cm³/mol. The number of nitrogens with zero attached hydrogens (tertiary/aromatic N) is 5. The van der Waals surface area contributed by atoms with Crippen molar-refractivity contribution in [3.63, 3.8) is 0 Å². The lowest BCUT2D eigenvalue weighted by Crippen LogP contribution is -2.42. The van der Waals surface area contributed by atoms with Gasteiger partial charge in [0, 0.05) is 37.0 Å². The van der Waals surface area contributed by atoms with E-state index in [1.165, 1.54) is 18.2 Å². The Bertz CT molecular complexity index is 1540. The molecule has 2 N–H and O–H groups in total. The summed E-state index contributed by atoms with van der Waals surface area (Å²) < 4.78 is 38.0.